The molecule has 0 spiro atoms. The molecule has 114 valence electrons. The number of anilines is 2. The van der Waals surface area contributed by atoms with Crippen molar-refractivity contribution in [1.29, 1.82) is 0 Å². The van der Waals surface area contributed by atoms with Gasteiger partial charge in [-0.3, -0.25) is 0 Å². The summed E-state index contributed by atoms with van der Waals surface area (Å²) in [5, 5.41) is 3.38. The fraction of sp³-hybridized carbons (Fsp3) is 0.667. The molecular formula is C15H23N5O. The van der Waals surface area contributed by atoms with Crippen molar-refractivity contribution >= 4 is 11.9 Å². The Balaban J connectivity index is 1.78. The lowest BCUT2D eigenvalue weighted by molar-refractivity contribution is 0.378. The van der Waals surface area contributed by atoms with Crippen molar-refractivity contribution in [2.24, 2.45) is 0 Å². The van der Waals surface area contributed by atoms with Crippen molar-refractivity contribution in [1.82, 2.24) is 15.0 Å². The van der Waals surface area contributed by atoms with Crippen LogP contribution in [0.5, 0.6) is 6.01 Å². The molecule has 2 aliphatic rings. The summed E-state index contributed by atoms with van der Waals surface area (Å²) in [6.07, 6.45) is 11.4. The SMILES string of the molecule is COc1nc(NC2CC=CC2)nc(N2CCCCCC2)n1. The minimum Gasteiger partial charge on any atom is -0.467 e. The Morgan fingerprint density at radius 2 is 1.76 bits per heavy atom. The lowest BCUT2D eigenvalue weighted by Gasteiger charge is -2.21. The zero-order chi connectivity index (χ0) is 14.5. The number of methoxy groups -OCH3 is 1. The smallest absolute Gasteiger partial charge is 0.322 e. The van der Waals surface area contributed by atoms with Crippen LogP contribution in [0.3, 0.4) is 0 Å². The second-order valence-electron chi connectivity index (χ2n) is 5.63. The van der Waals surface area contributed by atoms with Crippen molar-refractivity contribution in [3.8, 4) is 6.01 Å². The van der Waals surface area contributed by atoms with Gasteiger partial charge in [0.1, 0.15) is 0 Å². The van der Waals surface area contributed by atoms with Gasteiger partial charge in [-0.2, -0.15) is 15.0 Å². The van der Waals surface area contributed by atoms with Crippen molar-refractivity contribution < 1.29 is 4.74 Å². The Labute approximate surface area is 125 Å². The van der Waals surface area contributed by atoms with Gasteiger partial charge in [-0.25, -0.2) is 0 Å². The van der Waals surface area contributed by atoms with Gasteiger partial charge in [-0.1, -0.05) is 25.0 Å². The number of ether oxygens (including phenoxy) is 1. The van der Waals surface area contributed by atoms with E-state index < -0.39 is 0 Å². The quantitative estimate of drug-likeness (QED) is 0.859. The zero-order valence-corrected chi connectivity index (χ0v) is 12.6. The highest BCUT2D eigenvalue weighted by Crippen LogP contribution is 2.21. The van der Waals surface area contributed by atoms with Crippen molar-refractivity contribution in [2.45, 2.75) is 44.6 Å². The van der Waals surface area contributed by atoms with E-state index in [1.54, 1.807) is 7.11 Å². The summed E-state index contributed by atoms with van der Waals surface area (Å²) in [4.78, 5) is 15.6. The minimum atomic E-state index is 0.383. The summed E-state index contributed by atoms with van der Waals surface area (Å²) >= 11 is 0. The van der Waals surface area contributed by atoms with Crippen LogP contribution in [-0.2, 0) is 0 Å². The fourth-order valence-electron chi connectivity index (χ4n) is 2.83. The molecule has 0 aromatic carbocycles. The topological polar surface area (TPSA) is 63.2 Å². The van der Waals surface area contributed by atoms with E-state index >= 15 is 0 Å². The molecule has 0 atom stereocenters. The third kappa shape index (κ3) is 3.62. The summed E-state index contributed by atoms with van der Waals surface area (Å²) in [5.41, 5.74) is 0. The van der Waals surface area contributed by atoms with Gasteiger partial charge in [0.2, 0.25) is 11.9 Å². The summed E-state index contributed by atoms with van der Waals surface area (Å²) in [7, 11) is 1.60. The maximum Gasteiger partial charge on any atom is 0.322 e. The molecule has 0 unspecified atom stereocenters. The van der Waals surface area contributed by atoms with Gasteiger partial charge in [0.15, 0.2) is 0 Å². The van der Waals surface area contributed by atoms with E-state index in [2.05, 4.69) is 37.3 Å². The molecule has 1 aromatic heterocycles. The Bertz CT molecular complexity index is 489. The first-order valence-electron chi connectivity index (χ1n) is 7.82. The van der Waals surface area contributed by atoms with E-state index in [0.29, 0.717) is 18.0 Å². The van der Waals surface area contributed by atoms with Crippen LogP contribution < -0.4 is 15.0 Å². The van der Waals surface area contributed by atoms with Crippen LogP contribution in [0, 0.1) is 0 Å². The standard InChI is InChI=1S/C15H23N5O/c1-21-15-18-13(16-12-8-4-5-9-12)17-14(19-15)20-10-6-2-3-7-11-20/h4-5,12H,2-3,6-11H2,1H3,(H,16,17,18,19). The van der Waals surface area contributed by atoms with E-state index in [9.17, 15) is 0 Å². The van der Waals surface area contributed by atoms with Crippen LogP contribution in [0.1, 0.15) is 38.5 Å². The number of rotatable bonds is 4. The normalized spacial score (nSPS) is 19.6. The van der Waals surface area contributed by atoms with Crippen LogP contribution in [0.4, 0.5) is 11.9 Å². The van der Waals surface area contributed by atoms with Gasteiger partial charge in [-0.15, -0.1) is 0 Å². The first-order valence-corrected chi connectivity index (χ1v) is 7.82. The Morgan fingerprint density at radius 3 is 2.43 bits per heavy atom. The van der Waals surface area contributed by atoms with Crippen LogP contribution in [-0.4, -0.2) is 41.2 Å². The van der Waals surface area contributed by atoms with Crippen LogP contribution in [0.15, 0.2) is 12.2 Å². The zero-order valence-electron chi connectivity index (χ0n) is 12.6. The van der Waals surface area contributed by atoms with Crippen molar-refractivity contribution in [3.05, 3.63) is 12.2 Å². The Morgan fingerprint density at radius 1 is 1.05 bits per heavy atom. The molecule has 1 saturated heterocycles. The van der Waals surface area contributed by atoms with E-state index in [1.165, 1.54) is 25.7 Å². The van der Waals surface area contributed by atoms with E-state index in [4.69, 9.17) is 4.74 Å². The summed E-state index contributed by atoms with van der Waals surface area (Å²) in [5.74, 6) is 1.35. The second-order valence-corrected chi connectivity index (χ2v) is 5.63. The summed E-state index contributed by atoms with van der Waals surface area (Å²) < 4.78 is 5.24. The van der Waals surface area contributed by atoms with Crippen molar-refractivity contribution in [2.75, 3.05) is 30.4 Å². The number of hydrogen-bond acceptors (Lipinski definition) is 6. The van der Waals surface area contributed by atoms with Gasteiger partial charge in [0, 0.05) is 19.1 Å². The molecule has 1 aliphatic heterocycles. The molecule has 1 N–H and O–H groups in total. The average molecular weight is 289 g/mol. The first kappa shape index (κ1) is 14.1. The minimum absolute atomic E-state index is 0.383. The Kier molecular flexibility index (Phi) is 4.52. The molecule has 3 rings (SSSR count). The number of nitrogens with one attached hydrogen (secondary N) is 1. The lowest BCUT2D eigenvalue weighted by Crippen LogP contribution is -2.27. The third-order valence-corrected chi connectivity index (χ3v) is 4.02. The molecule has 1 aromatic rings. The van der Waals surface area contributed by atoms with E-state index in [-0.39, 0.29) is 0 Å². The maximum atomic E-state index is 5.24. The molecule has 1 fully saturated rings. The van der Waals surface area contributed by atoms with E-state index in [1.807, 2.05) is 0 Å². The molecule has 0 amide bonds. The maximum absolute atomic E-state index is 5.24. The van der Waals surface area contributed by atoms with Gasteiger partial charge in [0.25, 0.3) is 0 Å². The molecular weight excluding hydrogens is 266 g/mol. The van der Waals surface area contributed by atoms with Gasteiger partial charge in [0.05, 0.1) is 7.11 Å². The van der Waals surface area contributed by atoms with Gasteiger partial charge in [-0.05, 0) is 25.7 Å². The highest BCUT2D eigenvalue weighted by atomic mass is 16.5. The molecule has 0 bridgehead atoms. The fourth-order valence-corrected chi connectivity index (χ4v) is 2.83. The average Bonchev–Trinajstić information content (AvgIpc) is 2.86. The molecule has 6 heteroatoms. The van der Waals surface area contributed by atoms with Crippen molar-refractivity contribution in [3.63, 3.8) is 0 Å². The summed E-state index contributed by atoms with van der Waals surface area (Å²) in [6, 6.07) is 0.770. The Hall–Kier alpha value is -1.85. The highest BCUT2D eigenvalue weighted by molar-refractivity contribution is 5.39. The molecule has 0 radical (unpaired) electrons. The molecule has 21 heavy (non-hydrogen) atoms. The number of nitrogens with zero attached hydrogens (tertiary/aromatic N) is 4. The van der Waals surface area contributed by atoms with Crippen LogP contribution in [0.25, 0.3) is 0 Å². The molecule has 6 nitrogen and oxygen atoms in total. The van der Waals surface area contributed by atoms with Gasteiger partial charge >= 0.3 is 6.01 Å². The molecule has 0 saturated carbocycles. The summed E-state index contributed by atoms with van der Waals surface area (Å²) in [6.45, 7) is 2.02. The second kappa shape index (κ2) is 6.74. The highest BCUT2D eigenvalue weighted by Gasteiger charge is 2.17. The predicted molar refractivity (Wildman–Crippen MR) is 82.8 cm³/mol. The first-order chi connectivity index (χ1) is 10.3. The monoisotopic (exact) mass is 289 g/mol. The van der Waals surface area contributed by atoms with Gasteiger partial charge < -0.3 is 15.0 Å². The number of hydrogen-bond donors (Lipinski definition) is 1. The van der Waals surface area contributed by atoms with E-state index in [0.717, 1.165) is 31.9 Å². The lowest BCUT2D eigenvalue weighted by atomic mass is 10.2. The molecule has 2 heterocycles. The predicted octanol–water partition coefficient (Wildman–Crippen LogP) is 2.39. The largest absolute Gasteiger partial charge is 0.467 e. The van der Waals surface area contributed by atoms with Crippen LogP contribution in [0.2, 0.25) is 0 Å². The van der Waals surface area contributed by atoms with Crippen LogP contribution >= 0.6 is 0 Å². The third-order valence-electron chi connectivity index (χ3n) is 4.02. The molecule has 1 aliphatic carbocycles. The number of aromatic nitrogens is 3.